The third-order valence-electron chi connectivity index (χ3n) is 7.78. The topological polar surface area (TPSA) is 63.6 Å². The SMILES string of the molecule is Cc1cc(C)cc(P(OC(=O)C(C)(C)Cc2ccccc2-c2ccccc2CC(C)(C)C(=O)O)c2cc(C)cc(C)c2)c1. The molecule has 0 saturated carbocycles. The van der Waals surface area contributed by atoms with E-state index >= 15 is 0 Å². The van der Waals surface area contributed by atoms with Gasteiger partial charge < -0.3 is 9.63 Å². The number of aliphatic carboxylic acids is 1. The van der Waals surface area contributed by atoms with Crippen LogP contribution in [0.3, 0.4) is 0 Å². The van der Waals surface area contributed by atoms with E-state index in [4.69, 9.17) is 4.52 Å². The molecule has 0 saturated heterocycles. The van der Waals surface area contributed by atoms with Crippen molar-refractivity contribution in [3.05, 3.63) is 118 Å². The van der Waals surface area contributed by atoms with Crippen molar-refractivity contribution in [3.8, 4) is 11.1 Å². The fourth-order valence-electron chi connectivity index (χ4n) is 5.57. The normalized spacial score (nSPS) is 11.9. The second-order valence-electron chi connectivity index (χ2n) is 13.1. The van der Waals surface area contributed by atoms with E-state index in [1.807, 2.05) is 50.2 Å². The lowest BCUT2D eigenvalue weighted by Gasteiger charge is -2.28. The quantitative estimate of drug-likeness (QED) is 0.187. The van der Waals surface area contributed by atoms with Gasteiger partial charge in [-0.1, -0.05) is 82.9 Å². The summed E-state index contributed by atoms with van der Waals surface area (Å²) in [5.41, 5.74) is 6.82. The molecule has 0 unspecified atom stereocenters. The molecule has 0 amide bonds. The van der Waals surface area contributed by atoms with E-state index < -0.39 is 24.9 Å². The van der Waals surface area contributed by atoms with Crippen LogP contribution in [0.15, 0.2) is 84.9 Å². The standard InChI is InChI=1S/C38H43O4P/c1-25-17-26(2)20-31(19-25)43(32-21-27(3)18-28(4)22-32)42-36(41)38(7,8)24-30-14-10-12-16-34(30)33-15-11-9-13-29(33)23-37(5,6)35(39)40/h9-22H,23-24H2,1-8H3,(H,39,40). The molecular formula is C38H43O4P. The summed E-state index contributed by atoms with van der Waals surface area (Å²) in [5, 5.41) is 11.8. The van der Waals surface area contributed by atoms with Crippen molar-refractivity contribution in [2.24, 2.45) is 10.8 Å². The molecule has 4 aromatic carbocycles. The Hall–Kier alpha value is -3.75. The fraction of sp³-hybridized carbons (Fsp3) is 0.316. The maximum absolute atomic E-state index is 14.1. The van der Waals surface area contributed by atoms with E-state index in [-0.39, 0.29) is 5.97 Å². The molecule has 5 heteroatoms. The summed E-state index contributed by atoms with van der Waals surface area (Å²) >= 11 is 0. The first-order chi connectivity index (χ1) is 20.2. The van der Waals surface area contributed by atoms with E-state index in [9.17, 15) is 14.7 Å². The second kappa shape index (κ2) is 12.9. The van der Waals surface area contributed by atoms with Gasteiger partial charge in [-0.2, -0.15) is 0 Å². The van der Waals surface area contributed by atoms with Crippen LogP contribution in [0.1, 0.15) is 61.1 Å². The van der Waals surface area contributed by atoms with E-state index in [1.165, 1.54) is 0 Å². The van der Waals surface area contributed by atoms with Crippen LogP contribution in [-0.2, 0) is 27.0 Å². The van der Waals surface area contributed by atoms with Gasteiger partial charge in [0.2, 0.25) is 0 Å². The number of carbonyl (C=O) groups excluding carboxylic acids is 1. The lowest BCUT2D eigenvalue weighted by atomic mass is 9.80. The Morgan fingerprint density at radius 2 is 1.00 bits per heavy atom. The maximum Gasteiger partial charge on any atom is 0.315 e. The lowest BCUT2D eigenvalue weighted by Crippen LogP contribution is -2.30. The van der Waals surface area contributed by atoms with Gasteiger partial charge in [-0.15, -0.1) is 0 Å². The zero-order valence-electron chi connectivity index (χ0n) is 26.6. The Balaban J connectivity index is 1.69. The van der Waals surface area contributed by atoms with Gasteiger partial charge >= 0.3 is 11.9 Å². The van der Waals surface area contributed by atoms with Gasteiger partial charge in [-0.3, -0.25) is 9.59 Å². The van der Waals surface area contributed by atoms with Crippen molar-refractivity contribution in [3.63, 3.8) is 0 Å². The second-order valence-corrected chi connectivity index (χ2v) is 14.9. The van der Waals surface area contributed by atoms with Gasteiger partial charge in [-0.25, -0.2) is 0 Å². The first-order valence-corrected chi connectivity index (χ1v) is 16.0. The van der Waals surface area contributed by atoms with Crippen LogP contribution < -0.4 is 10.6 Å². The summed E-state index contributed by atoms with van der Waals surface area (Å²) in [6.45, 7) is 15.7. The Morgan fingerprint density at radius 3 is 1.40 bits per heavy atom. The monoisotopic (exact) mass is 594 g/mol. The molecule has 4 rings (SSSR count). The van der Waals surface area contributed by atoms with Crippen LogP contribution in [0.5, 0.6) is 0 Å². The van der Waals surface area contributed by atoms with E-state index in [0.717, 1.165) is 55.1 Å². The smallest absolute Gasteiger partial charge is 0.315 e. The first-order valence-electron chi connectivity index (χ1n) is 14.7. The first kappa shape index (κ1) is 32.2. The molecule has 0 radical (unpaired) electrons. The van der Waals surface area contributed by atoms with Crippen LogP contribution in [0.2, 0.25) is 0 Å². The van der Waals surface area contributed by atoms with Gasteiger partial charge in [0.1, 0.15) is 0 Å². The number of carbonyl (C=O) groups is 2. The summed E-state index contributed by atoms with van der Waals surface area (Å²) < 4.78 is 6.50. The van der Waals surface area contributed by atoms with Gasteiger partial charge in [0, 0.05) is 10.6 Å². The minimum absolute atomic E-state index is 0.243. The highest BCUT2D eigenvalue weighted by Crippen LogP contribution is 2.41. The average molecular weight is 595 g/mol. The van der Waals surface area contributed by atoms with E-state index in [1.54, 1.807) is 13.8 Å². The van der Waals surface area contributed by atoms with Crippen LogP contribution in [0, 0.1) is 38.5 Å². The fourth-order valence-corrected chi connectivity index (χ4v) is 7.78. The van der Waals surface area contributed by atoms with Crippen molar-refractivity contribution in [1.82, 2.24) is 0 Å². The van der Waals surface area contributed by atoms with Gasteiger partial charge in [0.15, 0.2) is 8.15 Å². The van der Waals surface area contributed by atoms with Crippen molar-refractivity contribution in [2.75, 3.05) is 0 Å². The largest absolute Gasteiger partial charge is 0.481 e. The molecule has 0 aromatic heterocycles. The Kier molecular flexibility index (Phi) is 9.62. The van der Waals surface area contributed by atoms with E-state index in [0.29, 0.717) is 12.8 Å². The van der Waals surface area contributed by atoms with Crippen molar-refractivity contribution in [1.29, 1.82) is 0 Å². The predicted molar refractivity (Wildman–Crippen MR) is 179 cm³/mol. The van der Waals surface area contributed by atoms with Gasteiger partial charge in [0.25, 0.3) is 0 Å². The number of carboxylic acids is 1. The number of rotatable bonds is 10. The minimum Gasteiger partial charge on any atom is -0.481 e. The molecule has 0 bridgehead atoms. The third-order valence-corrected chi connectivity index (χ3v) is 9.58. The van der Waals surface area contributed by atoms with Crippen LogP contribution in [0.4, 0.5) is 0 Å². The summed E-state index contributed by atoms with van der Waals surface area (Å²) in [6.07, 6.45) is 0.871. The number of benzene rings is 4. The molecule has 0 fully saturated rings. The van der Waals surface area contributed by atoms with Crippen LogP contribution in [-0.4, -0.2) is 17.0 Å². The molecule has 0 aliphatic rings. The molecule has 224 valence electrons. The molecule has 4 aromatic rings. The Bertz CT molecular complexity index is 1560. The van der Waals surface area contributed by atoms with Crippen molar-refractivity contribution in [2.45, 2.75) is 68.2 Å². The number of aryl methyl sites for hydroxylation is 4. The molecule has 1 N–H and O–H groups in total. The summed E-state index contributed by atoms with van der Waals surface area (Å²) in [6, 6.07) is 28.8. The van der Waals surface area contributed by atoms with Gasteiger partial charge in [-0.05, 0) is 115 Å². The number of hydrogen-bond acceptors (Lipinski definition) is 3. The van der Waals surface area contributed by atoms with Crippen LogP contribution in [0.25, 0.3) is 11.1 Å². The van der Waals surface area contributed by atoms with Crippen LogP contribution >= 0.6 is 8.15 Å². The number of hydrogen-bond donors (Lipinski definition) is 1. The van der Waals surface area contributed by atoms with Gasteiger partial charge in [0.05, 0.1) is 10.8 Å². The minimum atomic E-state index is -1.38. The Morgan fingerprint density at radius 1 is 0.628 bits per heavy atom. The molecule has 0 aliphatic carbocycles. The lowest BCUT2D eigenvalue weighted by molar-refractivity contribution is -0.147. The molecule has 0 spiro atoms. The zero-order valence-corrected chi connectivity index (χ0v) is 27.5. The molecule has 0 aliphatic heterocycles. The molecule has 43 heavy (non-hydrogen) atoms. The highest BCUT2D eigenvalue weighted by molar-refractivity contribution is 7.69. The van der Waals surface area contributed by atoms with E-state index in [2.05, 4.69) is 76.2 Å². The van der Waals surface area contributed by atoms with Crippen molar-refractivity contribution < 1.29 is 19.2 Å². The Labute approximate surface area is 258 Å². The summed E-state index contributed by atoms with van der Waals surface area (Å²) in [4.78, 5) is 26.0. The zero-order chi connectivity index (χ0) is 31.5. The molecular weight excluding hydrogens is 551 g/mol. The molecule has 4 nitrogen and oxygen atoms in total. The number of carboxylic acid groups (broad SMARTS) is 1. The van der Waals surface area contributed by atoms with Crippen molar-refractivity contribution >= 4 is 30.7 Å². The maximum atomic E-state index is 14.1. The molecule has 0 atom stereocenters. The molecule has 0 heterocycles. The third kappa shape index (κ3) is 7.80. The average Bonchev–Trinajstić information content (AvgIpc) is 2.90. The summed E-state index contributed by atoms with van der Waals surface area (Å²) in [5.74, 6) is -1.07. The summed E-state index contributed by atoms with van der Waals surface area (Å²) in [7, 11) is -1.38. The highest BCUT2D eigenvalue weighted by atomic mass is 31.1. The predicted octanol–water partition coefficient (Wildman–Crippen LogP) is 8.40. The highest BCUT2D eigenvalue weighted by Gasteiger charge is 2.35.